The van der Waals surface area contributed by atoms with E-state index in [2.05, 4.69) is 0 Å². The molecule has 2 aliphatic carbocycles. The predicted molar refractivity (Wildman–Crippen MR) is 44.1 cm³/mol. The average Bonchev–Trinajstić information content (AvgIpc) is 2.54. The summed E-state index contributed by atoms with van der Waals surface area (Å²) in [5.41, 5.74) is 0. The Bertz CT molecular complexity index is 166. The normalized spacial score (nSPS) is 67.6. The first-order chi connectivity index (χ1) is 4.93. The number of fused-ring (bicyclic) bond motifs is 4. The lowest BCUT2D eigenvalue weighted by Gasteiger charge is -2.27. The van der Waals surface area contributed by atoms with E-state index in [0.717, 1.165) is 10.9 Å². The van der Waals surface area contributed by atoms with E-state index in [1.165, 1.54) is 28.9 Å². The van der Waals surface area contributed by atoms with Crippen molar-refractivity contribution < 1.29 is 17.0 Å². The largest absolute Gasteiger partial charge is 1.00 e. The minimum Gasteiger partial charge on any atom is -1.00 e. The van der Waals surface area contributed by atoms with Gasteiger partial charge < -0.3 is 17.0 Å². The van der Waals surface area contributed by atoms with Gasteiger partial charge in [0.15, 0.2) is 0 Å². The topological polar surface area (TPSA) is 0 Å². The summed E-state index contributed by atoms with van der Waals surface area (Å²) < 4.78 is 0. The minimum atomic E-state index is 0. The maximum absolute atomic E-state index is 1.68. The van der Waals surface area contributed by atoms with Crippen molar-refractivity contribution in [3.8, 4) is 0 Å². The molecule has 62 valence electrons. The Hall–Kier alpha value is 0.830. The van der Waals surface area contributed by atoms with E-state index in [0.29, 0.717) is 0 Å². The first kappa shape index (κ1) is 7.25. The number of hydrogen-bond donors (Lipinski definition) is 0. The second kappa shape index (κ2) is 2.01. The van der Waals surface area contributed by atoms with Crippen LogP contribution < -0.4 is 17.0 Å². The predicted octanol–water partition coefficient (Wildman–Crippen LogP) is -1.72. The number of halogens is 1. The molecule has 2 heteroatoms. The monoisotopic (exact) mass is 232 g/mol. The number of hydrogen-bond acceptors (Lipinski definition) is 0. The van der Waals surface area contributed by atoms with Crippen LogP contribution in [0.4, 0.5) is 0 Å². The van der Waals surface area contributed by atoms with Gasteiger partial charge in [0.2, 0.25) is 0 Å². The molecule has 4 aliphatic rings. The molecular formula is C9H13BrS. The molecule has 2 aliphatic heterocycles. The van der Waals surface area contributed by atoms with Gasteiger partial charge in [0.25, 0.3) is 0 Å². The molecule has 2 heterocycles. The highest BCUT2D eigenvalue weighted by atomic mass is 79.9. The molecule has 0 aromatic heterocycles. The maximum atomic E-state index is 1.68. The van der Waals surface area contributed by atoms with Gasteiger partial charge in [-0.25, -0.2) is 0 Å². The molecule has 4 rings (SSSR count). The summed E-state index contributed by atoms with van der Waals surface area (Å²) in [6.07, 6.45) is 3.32. The summed E-state index contributed by atoms with van der Waals surface area (Å²) in [5.74, 6) is 8.34. The Balaban J connectivity index is 0.000000422. The van der Waals surface area contributed by atoms with Gasteiger partial charge >= 0.3 is 0 Å². The van der Waals surface area contributed by atoms with Crippen LogP contribution in [-0.2, 0) is 10.9 Å². The van der Waals surface area contributed by atoms with Gasteiger partial charge in [0.05, 0.1) is 0 Å². The van der Waals surface area contributed by atoms with E-state index >= 15 is 0 Å². The van der Waals surface area contributed by atoms with Crippen LogP contribution in [-0.4, -0.2) is 16.8 Å². The SMILES string of the molecule is C1C2CC3C1C1C[S+]3CC21.[Br-]. The van der Waals surface area contributed by atoms with Crippen molar-refractivity contribution in [2.24, 2.45) is 23.7 Å². The van der Waals surface area contributed by atoms with Crippen LogP contribution in [0.1, 0.15) is 12.8 Å². The van der Waals surface area contributed by atoms with Crippen molar-refractivity contribution in [3.05, 3.63) is 0 Å². The molecule has 0 spiro atoms. The third-order valence-corrected chi connectivity index (χ3v) is 7.56. The Kier molecular flexibility index (Phi) is 1.32. The molecule has 4 fully saturated rings. The molecule has 0 aromatic carbocycles. The fourth-order valence-electron chi connectivity index (χ4n) is 4.24. The molecule has 0 aromatic rings. The van der Waals surface area contributed by atoms with Crippen molar-refractivity contribution in [1.29, 1.82) is 0 Å². The van der Waals surface area contributed by atoms with E-state index in [9.17, 15) is 0 Å². The first-order valence-electron chi connectivity index (χ1n) is 4.60. The number of rotatable bonds is 0. The van der Waals surface area contributed by atoms with Crippen LogP contribution in [0.5, 0.6) is 0 Å². The van der Waals surface area contributed by atoms with Crippen LogP contribution in [0.3, 0.4) is 0 Å². The second-order valence-electron chi connectivity index (χ2n) is 4.63. The van der Waals surface area contributed by atoms with Crippen molar-refractivity contribution in [3.63, 3.8) is 0 Å². The summed E-state index contributed by atoms with van der Waals surface area (Å²) in [5, 5.41) is 1.26. The van der Waals surface area contributed by atoms with Crippen LogP contribution in [0.25, 0.3) is 0 Å². The van der Waals surface area contributed by atoms with E-state index in [1.54, 1.807) is 24.3 Å². The van der Waals surface area contributed by atoms with Gasteiger partial charge in [0.1, 0.15) is 16.8 Å². The molecule has 2 saturated carbocycles. The molecule has 0 N–H and O–H groups in total. The molecule has 6 unspecified atom stereocenters. The van der Waals surface area contributed by atoms with E-state index < -0.39 is 0 Å². The van der Waals surface area contributed by atoms with Crippen LogP contribution in [0, 0.1) is 23.7 Å². The zero-order valence-electron chi connectivity index (χ0n) is 6.50. The molecule has 4 bridgehead atoms. The molecule has 0 nitrogen and oxygen atoms in total. The van der Waals surface area contributed by atoms with E-state index in [1.807, 2.05) is 0 Å². The second-order valence-corrected chi connectivity index (χ2v) is 6.98. The zero-order valence-corrected chi connectivity index (χ0v) is 8.90. The smallest absolute Gasteiger partial charge is 0.121 e. The highest BCUT2D eigenvalue weighted by molar-refractivity contribution is 7.98. The molecule has 0 radical (unpaired) electrons. The maximum Gasteiger partial charge on any atom is 0.121 e. The molecular weight excluding hydrogens is 220 g/mol. The zero-order chi connectivity index (χ0) is 6.29. The van der Waals surface area contributed by atoms with E-state index in [4.69, 9.17) is 0 Å². The molecule has 6 atom stereocenters. The van der Waals surface area contributed by atoms with Crippen LogP contribution in [0.15, 0.2) is 0 Å². The summed E-state index contributed by atoms with van der Waals surface area (Å²) in [6.45, 7) is 0. The van der Waals surface area contributed by atoms with Crippen molar-refractivity contribution in [2.75, 3.05) is 11.5 Å². The van der Waals surface area contributed by atoms with E-state index in [-0.39, 0.29) is 17.0 Å². The van der Waals surface area contributed by atoms with Gasteiger partial charge in [-0.2, -0.15) is 0 Å². The Morgan fingerprint density at radius 3 is 2.36 bits per heavy atom. The fourth-order valence-corrected chi connectivity index (χ4v) is 8.20. The van der Waals surface area contributed by atoms with Gasteiger partial charge in [-0.1, -0.05) is 0 Å². The Morgan fingerprint density at radius 2 is 1.73 bits per heavy atom. The Morgan fingerprint density at radius 1 is 0.909 bits per heavy atom. The lowest BCUT2D eigenvalue weighted by atomic mass is 9.81. The van der Waals surface area contributed by atoms with Crippen LogP contribution in [0.2, 0.25) is 0 Å². The summed E-state index contributed by atoms with van der Waals surface area (Å²) in [7, 11) is 0.963. The van der Waals surface area contributed by atoms with Crippen molar-refractivity contribution >= 4 is 10.9 Å². The summed E-state index contributed by atoms with van der Waals surface area (Å²) in [4.78, 5) is 0. The quantitative estimate of drug-likeness (QED) is 0.436. The highest BCUT2D eigenvalue weighted by Crippen LogP contribution is 2.65. The van der Waals surface area contributed by atoms with Crippen molar-refractivity contribution in [2.45, 2.75) is 18.1 Å². The lowest BCUT2D eigenvalue weighted by Crippen LogP contribution is -3.00. The molecule has 0 amide bonds. The summed E-state index contributed by atoms with van der Waals surface area (Å²) in [6, 6.07) is 0. The molecule has 11 heavy (non-hydrogen) atoms. The Labute approximate surface area is 81.2 Å². The first-order valence-corrected chi connectivity index (χ1v) is 6.22. The third kappa shape index (κ3) is 0.623. The third-order valence-electron chi connectivity index (χ3n) is 4.53. The average molecular weight is 233 g/mol. The lowest BCUT2D eigenvalue weighted by molar-refractivity contribution is -0.00000197. The van der Waals surface area contributed by atoms with Gasteiger partial charge in [-0.05, 0) is 29.7 Å². The van der Waals surface area contributed by atoms with Gasteiger partial charge in [-0.3, -0.25) is 0 Å². The van der Waals surface area contributed by atoms with Gasteiger partial charge in [0, 0.05) is 17.8 Å². The fraction of sp³-hybridized carbons (Fsp3) is 1.00. The summed E-state index contributed by atoms with van der Waals surface area (Å²) >= 11 is 0. The van der Waals surface area contributed by atoms with Crippen molar-refractivity contribution in [1.82, 2.24) is 0 Å². The van der Waals surface area contributed by atoms with Crippen LogP contribution >= 0.6 is 0 Å². The van der Waals surface area contributed by atoms with Gasteiger partial charge in [-0.15, -0.1) is 0 Å². The molecule has 2 saturated heterocycles. The highest BCUT2D eigenvalue weighted by Gasteiger charge is 2.71. The standard InChI is InChI=1S/C9H13S.BrH/c1-5-2-9-6(1)8-4-10(9)3-7(5)8;/h5-9H,1-4H2;1H/q+1;/p-1. The minimum absolute atomic E-state index is 0.